The number of nitrogens with one attached hydrogen (secondary N) is 1. The molecule has 2 aromatic carbocycles. The summed E-state index contributed by atoms with van der Waals surface area (Å²) < 4.78 is 5.14. The molecule has 0 aliphatic rings. The summed E-state index contributed by atoms with van der Waals surface area (Å²) in [6.07, 6.45) is 3.40. The molecule has 0 atom stereocenters. The van der Waals surface area contributed by atoms with Gasteiger partial charge in [0.2, 0.25) is 5.91 Å². The lowest BCUT2D eigenvalue weighted by Gasteiger charge is -2.06. The minimum absolute atomic E-state index is 0.0136. The summed E-state index contributed by atoms with van der Waals surface area (Å²) in [6, 6.07) is 15.5. The van der Waals surface area contributed by atoms with Crippen molar-refractivity contribution in [3.63, 3.8) is 0 Å². The molecule has 0 aliphatic heterocycles. The molecule has 2 rings (SSSR count). The maximum Gasteiger partial charge on any atom is 0.220 e. The number of aryl methyl sites for hydroxylation is 2. The Morgan fingerprint density at radius 1 is 0.923 bits per heavy atom. The van der Waals surface area contributed by atoms with Crippen LogP contribution in [0.2, 0.25) is 0 Å². The summed E-state index contributed by atoms with van der Waals surface area (Å²) in [5, 5.41) is 2.89. The summed E-state index contributed by atoms with van der Waals surface area (Å²) in [7, 11) is 1.66. The SMILES string of the molecule is COc1ccc(CCCCNC(=O)CCC(=O)c2ccc(C)cc2)cc1. The van der Waals surface area contributed by atoms with Gasteiger partial charge in [0, 0.05) is 24.9 Å². The molecule has 1 N–H and O–H groups in total. The van der Waals surface area contributed by atoms with Crippen LogP contribution in [0.25, 0.3) is 0 Å². The Labute approximate surface area is 155 Å². The van der Waals surface area contributed by atoms with Crippen molar-refractivity contribution in [2.75, 3.05) is 13.7 Å². The summed E-state index contributed by atoms with van der Waals surface area (Å²) in [5.74, 6) is 0.816. The first-order chi connectivity index (χ1) is 12.6. The molecular weight excluding hydrogens is 326 g/mol. The fourth-order valence-corrected chi connectivity index (χ4v) is 2.67. The van der Waals surface area contributed by atoms with Crippen LogP contribution in [0.1, 0.15) is 47.2 Å². The summed E-state index contributed by atoms with van der Waals surface area (Å²) in [5.41, 5.74) is 3.05. The van der Waals surface area contributed by atoms with E-state index in [1.807, 2.05) is 43.3 Å². The third-order valence-corrected chi connectivity index (χ3v) is 4.33. The lowest BCUT2D eigenvalue weighted by Crippen LogP contribution is -2.24. The van der Waals surface area contributed by atoms with Gasteiger partial charge in [-0.2, -0.15) is 0 Å². The zero-order valence-corrected chi connectivity index (χ0v) is 15.6. The molecule has 0 saturated heterocycles. The van der Waals surface area contributed by atoms with Gasteiger partial charge in [-0.3, -0.25) is 9.59 Å². The van der Waals surface area contributed by atoms with Crippen LogP contribution in [0.5, 0.6) is 5.75 Å². The highest BCUT2D eigenvalue weighted by atomic mass is 16.5. The molecule has 4 heteroatoms. The molecule has 0 unspecified atom stereocenters. The minimum Gasteiger partial charge on any atom is -0.497 e. The van der Waals surface area contributed by atoms with Crippen molar-refractivity contribution in [2.24, 2.45) is 0 Å². The van der Waals surface area contributed by atoms with E-state index in [4.69, 9.17) is 4.74 Å². The number of ketones is 1. The molecule has 0 heterocycles. The zero-order chi connectivity index (χ0) is 18.8. The first-order valence-corrected chi connectivity index (χ1v) is 9.08. The van der Waals surface area contributed by atoms with E-state index in [0.717, 1.165) is 30.6 Å². The molecule has 26 heavy (non-hydrogen) atoms. The van der Waals surface area contributed by atoms with Crippen LogP contribution in [0.15, 0.2) is 48.5 Å². The molecule has 0 fully saturated rings. The van der Waals surface area contributed by atoms with Crippen LogP contribution in [-0.4, -0.2) is 25.3 Å². The topological polar surface area (TPSA) is 55.4 Å². The van der Waals surface area contributed by atoms with E-state index in [9.17, 15) is 9.59 Å². The Morgan fingerprint density at radius 2 is 1.62 bits per heavy atom. The number of amides is 1. The van der Waals surface area contributed by atoms with Crippen molar-refractivity contribution >= 4 is 11.7 Å². The van der Waals surface area contributed by atoms with Gasteiger partial charge in [-0.25, -0.2) is 0 Å². The van der Waals surface area contributed by atoms with Gasteiger partial charge < -0.3 is 10.1 Å². The van der Waals surface area contributed by atoms with Gasteiger partial charge in [0.1, 0.15) is 5.75 Å². The molecule has 0 bridgehead atoms. The average Bonchev–Trinajstić information content (AvgIpc) is 2.67. The Balaban J connectivity index is 1.58. The number of Topliss-reactive ketones (excluding diaryl/α,β-unsaturated/α-hetero) is 1. The standard InChI is InChI=1S/C22H27NO3/c1-17-6-10-19(11-7-17)21(24)14-15-22(25)23-16-4-3-5-18-8-12-20(26-2)13-9-18/h6-13H,3-5,14-16H2,1-2H3,(H,23,25). The molecule has 0 radical (unpaired) electrons. The van der Waals surface area contributed by atoms with Crippen LogP contribution in [0, 0.1) is 6.92 Å². The Morgan fingerprint density at radius 3 is 2.27 bits per heavy atom. The number of unbranched alkanes of at least 4 members (excludes halogenated alkanes) is 1. The van der Waals surface area contributed by atoms with Gasteiger partial charge in [-0.15, -0.1) is 0 Å². The Kier molecular flexibility index (Phi) is 7.87. The number of carbonyl (C=O) groups excluding carboxylic acids is 2. The first kappa shape index (κ1) is 19.7. The van der Waals surface area contributed by atoms with Gasteiger partial charge in [-0.05, 0) is 43.9 Å². The predicted octanol–water partition coefficient (Wildman–Crippen LogP) is 4.11. The highest BCUT2D eigenvalue weighted by Gasteiger charge is 2.08. The molecule has 2 aromatic rings. The first-order valence-electron chi connectivity index (χ1n) is 9.08. The number of benzene rings is 2. The number of hydrogen-bond acceptors (Lipinski definition) is 3. The fraction of sp³-hybridized carbons (Fsp3) is 0.364. The maximum absolute atomic E-state index is 12.1. The molecule has 0 aliphatic carbocycles. The smallest absolute Gasteiger partial charge is 0.220 e. The molecule has 138 valence electrons. The van der Waals surface area contributed by atoms with Crippen LogP contribution in [0.4, 0.5) is 0 Å². The Hall–Kier alpha value is -2.62. The third kappa shape index (κ3) is 6.71. The fourth-order valence-electron chi connectivity index (χ4n) is 2.67. The summed E-state index contributed by atoms with van der Waals surface area (Å²) >= 11 is 0. The predicted molar refractivity (Wildman–Crippen MR) is 104 cm³/mol. The summed E-state index contributed by atoms with van der Waals surface area (Å²) in [4.78, 5) is 23.9. The van der Waals surface area contributed by atoms with Crippen molar-refractivity contribution in [2.45, 2.75) is 39.0 Å². The monoisotopic (exact) mass is 353 g/mol. The number of rotatable bonds is 10. The van der Waals surface area contributed by atoms with Crippen molar-refractivity contribution in [1.29, 1.82) is 0 Å². The maximum atomic E-state index is 12.1. The van der Waals surface area contributed by atoms with Crippen molar-refractivity contribution in [3.8, 4) is 5.75 Å². The third-order valence-electron chi connectivity index (χ3n) is 4.33. The molecule has 4 nitrogen and oxygen atoms in total. The zero-order valence-electron chi connectivity index (χ0n) is 15.6. The molecule has 0 aromatic heterocycles. The quantitative estimate of drug-likeness (QED) is 0.517. The van der Waals surface area contributed by atoms with Crippen molar-refractivity contribution < 1.29 is 14.3 Å². The average molecular weight is 353 g/mol. The minimum atomic E-state index is -0.0603. The van der Waals surface area contributed by atoms with E-state index in [0.29, 0.717) is 12.1 Å². The lowest BCUT2D eigenvalue weighted by molar-refractivity contribution is -0.121. The largest absolute Gasteiger partial charge is 0.497 e. The van der Waals surface area contributed by atoms with E-state index in [1.165, 1.54) is 5.56 Å². The van der Waals surface area contributed by atoms with Crippen molar-refractivity contribution in [1.82, 2.24) is 5.32 Å². The highest BCUT2D eigenvalue weighted by Crippen LogP contribution is 2.13. The van der Waals surface area contributed by atoms with Gasteiger partial charge in [0.05, 0.1) is 7.11 Å². The number of carbonyl (C=O) groups is 2. The lowest BCUT2D eigenvalue weighted by atomic mass is 10.0. The van der Waals surface area contributed by atoms with Gasteiger partial charge in [-0.1, -0.05) is 42.0 Å². The van der Waals surface area contributed by atoms with Gasteiger partial charge in [0.15, 0.2) is 5.78 Å². The number of ether oxygens (including phenoxy) is 1. The van der Waals surface area contributed by atoms with E-state index >= 15 is 0 Å². The molecular formula is C22H27NO3. The number of methoxy groups -OCH3 is 1. The molecule has 0 spiro atoms. The molecule has 0 saturated carbocycles. The van der Waals surface area contributed by atoms with E-state index in [2.05, 4.69) is 17.4 Å². The van der Waals surface area contributed by atoms with E-state index in [1.54, 1.807) is 7.11 Å². The summed E-state index contributed by atoms with van der Waals surface area (Å²) in [6.45, 7) is 2.63. The second-order valence-electron chi connectivity index (χ2n) is 6.44. The second kappa shape index (κ2) is 10.4. The molecule has 1 amide bonds. The van der Waals surface area contributed by atoms with Crippen LogP contribution in [0.3, 0.4) is 0 Å². The van der Waals surface area contributed by atoms with E-state index < -0.39 is 0 Å². The Bertz CT molecular complexity index is 705. The second-order valence-corrected chi connectivity index (χ2v) is 6.44. The number of hydrogen-bond donors (Lipinski definition) is 1. The van der Waals surface area contributed by atoms with Crippen LogP contribution < -0.4 is 10.1 Å². The van der Waals surface area contributed by atoms with Crippen LogP contribution in [-0.2, 0) is 11.2 Å². The van der Waals surface area contributed by atoms with Crippen molar-refractivity contribution in [3.05, 3.63) is 65.2 Å². The normalized spacial score (nSPS) is 10.4. The van der Waals surface area contributed by atoms with E-state index in [-0.39, 0.29) is 24.5 Å². The van der Waals surface area contributed by atoms with Crippen LogP contribution >= 0.6 is 0 Å². The van der Waals surface area contributed by atoms with Gasteiger partial charge in [0.25, 0.3) is 0 Å². The highest BCUT2D eigenvalue weighted by molar-refractivity contribution is 5.97. The van der Waals surface area contributed by atoms with Gasteiger partial charge >= 0.3 is 0 Å².